The molecule has 0 atom stereocenters. The van der Waals surface area contributed by atoms with Crippen LogP contribution < -0.4 is 10.2 Å². The Kier molecular flexibility index (Phi) is 3.97. The Hall–Kier alpha value is -1.57. The van der Waals surface area contributed by atoms with Gasteiger partial charge in [-0.25, -0.2) is 0 Å². The summed E-state index contributed by atoms with van der Waals surface area (Å²) >= 11 is 0. The molecule has 2 rings (SSSR count). The van der Waals surface area contributed by atoms with Crippen molar-refractivity contribution in [2.45, 2.75) is 6.54 Å². The molecular weight excluding hydrogens is 214 g/mol. The number of rotatable bonds is 3. The summed E-state index contributed by atoms with van der Waals surface area (Å²) < 4.78 is 5.32. The van der Waals surface area contributed by atoms with Crippen molar-refractivity contribution in [3.63, 3.8) is 0 Å². The molecule has 90 valence electrons. The first-order valence-corrected chi connectivity index (χ1v) is 5.85. The number of anilines is 1. The normalized spacial score (nSPS) is 15.6. The lowest BCUT2D eigenvalue weighted by molar-refractivity contribution is 0.122. The van der Waals surface area contributed by atoms with Crippen molar-refractivity contribution in [3.05, 3.63) is 29.3 Å². The first-order valence-electron chi connectivity index (χ1n) is 5.85. The summed E-state index contributed by atoms with van der Waals surface area (Å²) in [5, 5.41) is 12.3. The summed E-state index contributed by atoms with van der Waals surface area (Å²) in [7, 11) is 1.90. The largest absolute Gasteiger partial charge is 0.378 e. The van der Waals surface area contributed by atoms with Crippen LogP contribution in [-0.4, -0.2) is 33.4 Å². The number of hydrogen-bond acceptors (Lipinski definition) is 4. The van der Waals surface area contributed by atoms with E-state index in [2.05, 4.69) is 22.4 Å². The van der Waals surface area contributed by atoms with E-state index in [0.29, 0.717) is 0 Å². The summed E-state index contributed by atoms with van der Waals surface area (Å²) in [6, 6.07) is 8.35. The average Bonchev–Trinajstić information content (AvgIpc) is 2.40. The molecule has 4 heteroatoms. The Bertz CT molecular complexity index is 419. The molecule has 0 spiro atoms. The Labute approximate surface area is 102 Å². The first kappa shape index (κ1) is 11.9. The molecule has 0 aliphatic carbocycles. The van der Waals surface area contributed by atoms with Crippen LogP contribution in [0, 0.1) is 11.3 Å². The van der Waals surface area contributed by atoms with Gasteiger partial charge in [-0.15, -0.1) is 0 Å². The van der Waals surface area contributed by atoms with E-state index in [1.165, 1.54) is 0 Å². The fraction of sp³-hybridized carbons (Fsp3) is 0.462. The molecular formula is C13H17N3O. The van der Waals surface area contributed by atoms with Crippen LogP contribution in [0.25, 0.3) is 0 Å². The predicted octanol–water partition coefficient (Wildman–Crippen LogP) is 1.11. The molecule has 1 fully saturated rings. The van der Waals surface area contributed by atoms with Gasteiger partial charge in [0.1, 0.15) is 6.07 Å². The first-order chi connectivity index (χ1) is 8.35. The average molecular weight is 231 g/mol. The molecule has 0 bridgehead atoms. The fourth-order valence-electron chi connectivity index (χ4n) is 2.07. The highest BCUT2D eigenvalue weighted by molar-refractivity contribution is 5.60. The van der Waals surface area contributed by atoms with Gasteiger partial charge in [-0.3, -0.25) is 0 Å². The van der Waals surface area contributed by atoms with Crippen LogP contribution in [-0.2, 0) is 11.3 Å². The maximum absolute atomic E-state index is 9.21. The van der Waals surface area contributed by atoms with Gasteiger partial charge in [0.05, 0.1) is 24.5 Å². The third-order valence-corrected chi connectivity index (χ3v) is 2.91. The third kappa shape index (κ3) is 2.76. The molecule has 1 aromatic carbocycles. The minimum Gasteiger partial charge on any atom is -0.378 e. The molecule has 0 aromatic heterocycles. The predicted molar refractivity (Wildman–Crippen MR) is 67.0 cm³/mol. The van der Waals surface area contributed by atoms with E-state index in [0.717, 1.165) is 49.7 Å². The summed E-state index contributed by atoms with van der Waals surface area (Å²) in [5.74, 6) is 0. The van der Waals surface area contributed by atoms with Gasteiger partial charge in [-0.1, -0.05) is 6.07 Å². The minimum absolute atomic E-state index is 0.739. The number of ether oxygens (including phenoxy) is 1. The molecule has 1 aliphatic heterocycles. The van der Waals surface area contributed by atoms with Crippen LogP contribution in [0.2, 0.25) is 0 Å². The highest BCUT2D eigenvalue weighted by Crippen LogP contribution is 2.22. The molecule has 0 saturated carbocycles. The summed E-state index contributed by atoms with van der Waals surface area (Å²) in [6.07, 6.45) is 0. The van der Waals surface area contributed by atoms with Crippen LogP contribution in [0.5, 0.6) is 0 Å². The van der Waals surface area contributed by atoms with Crippen molar-refractivity contribution >= 4 is 5.69 Å². The van der Waals surface area contributed by atoms with Gasteiger partial charge in [-0.2, -0.15) is 5.26 Å². The summed E-state index contributed by atoms with van der Waals surface area (Å²) in [5.41, 5.74) is 2.91. The molecule has 1 aromatic rings. The van der Waals surface area contributed by atoms with E-state index in [-0.39, 0.29) is 0 Å². The molecule has 1 heterocycles. The Morgan fingerprint density at radius 2 is 2.18 bits per heavy atom. The lowest BCUT2D eigenvalue weighted by Gasteiger charge is -2.29. The lowest BCUT2D eigenvalue weighted by Crippen LogP contribution is -2.36. The Morgan fingerprint density at radius 1 is 1.41 bits per heavy atom. The van der Waals surface area contributed by atoms with Gasteiger partial charge >= 0.3 is 0 Å². The van der Waals surface area contributed by atoms with Crippen LogP contribution in [0.3, 0.4) is 0 Å². The van der Waals surface area contributed by atoms with Gasteiger partial charge in [0.15, 0.2) is 0 Å². The van der Waals surface area contributed by atoms with Crippen LogP contribution in [0.15, 0.2) is 18.2 Å². The zero-order valence-electron chi connectivity index (χ0n) is 10.1. The number of benzene rings is 1. The van der Waals surface area contributed by atoms with E-state index in [9.17, 15) is 5.26 Å². The van der Waals surface area contributed by atoms with E-state index in [1.54, 1.807) is 0 Å². The highest BCUT2D eigenvalue weighted by Gasteiger charge is 2.14. The van der Waals surface area contributed by atoms with E-state index in [4.69, 9.17) is 4.74 Å². The molecule has 1 N–H and O–H groups in total. The zero-order valence-corrected chi connectivity index (χ0v) is 10.1. The zero-order chi connectivity index (χ0) is 12.1. The quantitative estimate of drug-likeness (QED) is 0.846. The molecule has 4 nitrogen and oxygen atoms in total. The van der Waals surface area contributed by atoms with Crippen molar-refractivity contribution in [1.82, 2.24) is 5.32 Å². The maximum atomic E-state index is 9.21. The van der Waals surface area contributed by atoms with E-state index < -0.39 is 0 Å². The second kappa shape index (κ2) is 5.67. The standard InChI is InChI=1S/C13H17N3O/c1-15-10-11-2-3-13(12(8-11)9-14)16-4-6-17-7-5-16/h2-3,8,15H,4-7,10H2,1H3. The van der Waals surface area contributed by atoms with Gasteiger partial charge in [0, 0.05) is 19.6 Å². The van der Waals surface area contributed by atoms with Gasteiger partial charge in [0.25, 0.3) is 0 Å². The molecule has 0 amide bonds. The summed E-state index contributed by atoms with van der Waals surface area (Å²) in [4.78, 5) is 2.21. The Balaban J connectivity index is 2.24. The van der Waals surface area contributed by atoms with Crippen molar-refractivity contribution in [1.29, 1.82) is 5.26 Å². The minimum atomic E-state index is 0.739. The van der Waals surface area contributed by atoms with Gasteiger partial charge < -0.3 is 15.0 Å². The molecule has 1 saturated heterocycles. The lowest BCUT2D eigenvalue weighted by atomic mass is 10.1. The number of nitrogens with zero attached hydrogens (tertiary/aromatic N) is 2. The van der Waals surface area contributed by atoms with E-state index >= 15 is 0 Å². The number of morpholine rings is 1. The smallest absolute Gasteiger partial charge is 0.101 e. The maximum Gasteiger partial charge on any atom is 0.101 e. The number of nitriles is 1. The van der Waals surface area contributed by atoms with Gasteiger partial charge in [-0.05, 0) is 24.7 Å². The van der Waals surface area contributed by atoms with Gasteiger partial charge in [0.2, 0.25) is 0 Å². The summed E-state index contributed by atoms with van der Waals surface area (Å²) in [6.45, 7) is 3.99. The van der Waals surface area contributed by atoms with Crippen molar-refractivity contribution in [2.24, 2.45) is 0 Å². The van der Waals surface area contributed by atoms with Crippen LogP contribution >= 0.6 is 0 Å². The third-order valence-electron chi connectivity index (χ3n) is 2.91. The Morgan fingerprint density at radius 3 is 2.82 bits per heavy atom. The fourth-order valence-corrected chi connectivity index (χ4v) is 2.07. The van der Waals surface area contributed by atoms with Crippen molar-refractivity contribution in [2.75, 3.05) is 38.3 Å². The monoisotopic (exact) mass is 231 g/mol. The second-order valence-electron chi connectivity index (χ2n) is 4.09. The molecule has 0 radical (unpaired) electrons. The number of nitrogens with one attached hydrogen (secondary N) is 1. The topological polar surface area (TPSA) is 48.3 Å². The molecule has 17 heavy (non-hydrogen) atoms. The van der Waals surface area contributed by atoms with Crippen molar-refractivity contribution < 1.29 is 4.74 Å². The number of hydrogen-bond donors (Lipinski definition) is 1. The highest BCUT2D eigenvalue weighted by atomic mass is 16.5. The molecule has 0 unspecified atom stereocenters. The van der Waals surface area contributed by atoms with Crippen LogP contribution in [0.1, 0.15) is 11.1 Å². The van der Waals surface area contributed by atoms with E-state index in [1.807, 2.05) is 19.2 Å². The molecule has 1 aliphatic rings. The van der Waals surface area contributed by atoms with Crippen LogP contribution in [0.4, 0.5) is 5.69 Å². The second-order valence-corrected chi connectivity index (χ2v) is 4.09. The van der Waals surface area contributed by atoms with Crippen molar-refractivity contribution in [3.8, 4) is 6.07 Å². The SMILES string of the molecule is CNCc1ccc(N2CCOCC2)c(C#N)c1.